The number of ether oxygens (including phenoxy) is 1. The number of rotatable bonds is 6. The number of nitrogens with zero attached hydrogens (tertiary/aromatic N) is 1. The van der Waals surface area contributed by atoms with Crippen LogP contribution in [0, 0.1) is 0 Å². The van der Waals surface area contributed by atoms with Gasteiger partial charge in [-0.2, -0.15) is 0 Å². The lowest BCUT2D eigenvalue weighted by atomic mass is 10.1. The largest absolute Gasteiger partial charge is 0.481 e. The Kier molecular flexibility index (Phi) is 4.91. The molecule has 0 aliphatic heterocycles. The van der Waals surface area contributed by atoms with Crippen molar-refractivity contribution in [3.63, 3.8) is 0 Å². The van der Waals surface area contributed by atoms with Gasteiger partial charge in [-0.05, 0) is 42.8 Å². The summed E-state index contributed by atoms with van der Waals surface area (Å²) in [6.45, 7) is 2.10. The average molecular weight is 322 g/mol. The van der Waals surface area contributed by atoms with Crippen LogP contribution in [0.3, 0.4) is 0 Å². The van der Waals surface area contributed by atoms with Crippen molar-refractivity contribution in [2.24, 2.45) is 0 Å². The van der Waals surface area contributed by atoms with E-state index in [1.165, 1.54) is 0 Å². The Morgan fingerprint density at radius 2 is 2.04 bits per heavy atom. The van der Waals surface area contributed by atoms with Crippen molar-refractivity contribution in [1.29, 1.82) is 0 Å². The molecule has 1 atom stereocenters. The SMILES string of the molecule is CC(Oc1ccccc1)C(=O)NCc1cncc(-c2ccco2)c1. The number of furan rings is 1. The quantitative estimate of drug-likeness (QED) is 0.755. The third-order valence-electron chi connectivity index (χ3n) is 3.49. The van der Waals surface area contributed by atoms with E-state index >= 15 is 0 Å². The molecule has 5 heteroatoms. The van der Waals surface area contributed by atoms with E-state index in [1.807, 2.05) is 48.5 Å². The van der Waals surface area contributed by atoms with Gasteiger partial charge < -0.3 is 14.5 Å². The molecule has 24 heavy (non-hydrogen) atoms. The standard InChI is InChI=1S/C19H18N2O3/c1-14(24-17-6-3-2-4-7-17)19(22)21-12-15-10-16(13-20-11-15)18-8-5-9-23-18/h2-11,13-14H,12H2,1H3,(H,21,22). The monoisotopic (exact) mass is 322 g/mol. The van der Waals surface area contributed by atoms with E-state index in [-0.39, 0.29) is 5.91 Å². The van der Waals surface area contributed by atoms with Crippen LogP contribution < -0.4 is 10.1 Å². The van der Waals surface area contributed by atoms with Gasteiger partial charge in [0.15, 0.2) is 6.10 Å². The molecule has 3 rings (SSSR count). The Morgan fingerprint density at radius 3 is 2.79 bits per heavy atom. The maximum Gasteiger partial charge on any atom is 0.261 e. The molecule has 0 saturated heterocycles. The van der Waals surface area contributed by atoms with Gasteiger partial charge in [-0.15, -0.1) is 0 Å². The summed E-state index contributed by atoms with van der Waals surface area (Å²) in [7, 11) is 0. The Balaban J connectivity index is 1.57. The van der Waals surface area contributed by atoms with Gasteiger partial charge in [0, 0.05) is 24.5 Å². The number of carbonyl (C=O) groups is 1. The summed E-state index contributed by atoms with van der Waals surface area (Å²) < 4.78 is 11.0. The second-order valence-corrected chi connectivity index (χ2v) is 5.35. The van der Waals surface area contributed by atoms with Crippen molar-refractivity contribution in [3.8, 4) is 17.1 Å². The molecule has 1 aromatic carbocycles. The van der Waals surface area contributed by atoms with Crippen molar-refractivity contribution in [2.75, 3.05) is 0 Å². The lowest BCUT2D eigenvalue weighted by Crippen LogP contribution is -2.35. The van der Waals surface area contributed by atoms with Gasteiger partial charge in [-0.3, -0.25) is 9.78 Å². The van der Waals surface area contributed by atoms with Crippen molar-refractivity contribution >= 4 is 5.91 Å². The predicted octanol–water partition coefficient (Wildman–Crippen LogP) is 3.43. The molecule has 0 bridgehead atoms. The first kappa shape index (κ1) is 15.8. The molecule has 1 unspecified atom stereocenters. The molecule has 1 amide bonds. The fourth-order valence-corrected chi connectivity index (χ4v) is 2.25. The number of para-hydroxylation sites is 1. The molecule has 0 spiro atoms. The molecule has 2 aromatic heterocycles. The van der Waals surface area contributed by atoms with E-state index < -0.39 is 6.10 Å². The number of carbonyl (C=O) groups excluding carboxylic acids is 1. The summed E-state index contributed by atoms with van der Waals surface area (Å²) in [5, 5.41) is 2.86. The molecule has 1 N–H and O–H groups in total. The Bertz CT molecular complexity index is 785. The van der Waals surface area contributed by atoms with Crippen LogP contribution in [0.5, 0.6) is 5.75 Å². The summed E-state index contributed by atoms with van der Waals surface area (Å²) in [6.07, 6.45) is 4.49. The number of hydrogen-bond acceptors (Lipinski definition) is 4. The highest BCUT2D eigenvalue weighted by atomic mass is 16.5. The molecule has 0 radical (unpaired) electrons. The van der Waals surface area contributed by atoms with E-state index in [0.29, 0.717) is 12.3 Å². The zero-order valence-corrected chi connectivity index (χ0v) is 13.3. The second-order valence-electron chi connectivity index (χ2n) is 5.35. The highest BCUT2D eigenvalue weighted by Gasteiger charge is 2.14. The summed E-state index contributed by atoms with van der Waals surface area (Å²) >= 11 is 0. The van der Waals surface area contributed by atoms with E-state index in [0.717, 1.165) is 16.9 Å². The fraction of sp³-hybridized carbons (Fsp3) is 0.158. The zero-order valence-electron chi connectivity index (χ0n) is 13.3. The van der Waals surface area contributed by atoms with Crippen LogP contribution in [0.25, 0.3) is 11.3 Å². The number of benzene rings is 1. The third kappa shape index (κ3) is 4.01. The molecule has 0 fully saturated rings. The van der Waals surface area contributed by atoms with E-state index in [4.69, 9.17) is 9.15 Å². The third-order valence-corrected chi connectivity index (χ3v) is 3.49. The number of aromatic nitrogens is 1. The highest BCUT2D eigenvalue weighted by Crippen LogP contribution is 2.19. The van der Waals surface area contributed by atoms with Gasteiger partial charge in [-0.25, -0.2) is 0 Å². The zero-order chi connectivity index (χ0) is 16.8. The van der Waals surface area contributed by atoms with Gasteiger partial charge in [0.05, 0.1) is 6.26 Å². The number of pyridine rings is 1. The van der Waals surface area contributed by atoms with Crippen LogP contribution in [-0.4, -0.2) is 17.0 Å². The number of hydrogen-bond donors (Lipinski definition) is 1. The molecule has 0 aliphatic carbocycles. The van der Waals surface area contributed by atoms with E-state index in [1.54, 1.807) is 25.6 Å². The lowest BCUT2D eigenvalue weighted by molar-refractivity contribution is -0.127. The smallest absolute Gasteiger partial charge is 0.261 e. The first-order chi connectivity index (χ1) is 11.7. The van der Waals surface area contributed by atoms with Crippen molar-refractivity contribution in [3.05, 3.63) is 72.8 Å². The molecule has 5 nitrogen and oxygen atoms in total. The van der Waals surface area contributed by atoms with Gasteiger partial charge in [0.1, 0.15) is 11.5 Å². The molecule has 122 valence electrons. The Labute approximate surface area is 140 Å². The number of nitrogens with one attached hydrogen (secondary N) is 1. The van der Waals surface area contributed by atoms with Crippen molar-refractivity contribution in [1.82, 2.24) is 10.3 Å². The maximum atomic E-state index is 12.2. The van der Waals surface area contributed by atoms with Crippen molar-refractivity contribution < 1.29 is 13.9 Å². The van der Waals surface area contributed by atoms with Gasteiger partial charge in [0.25, 0.3) is 5.91 Å². The molecule has 0 aliphatic rings. The first-order valence-corrected chi connectivity index (χ1v) is 7.69. The molecular formula is C19H18N2O3. The van der Waals surface area contributed by atoms with Crippen LogP contribution in [0.15, 0.2) is 71.6 Å². The van der Waals surface area contributed by atoms with Crippen molar-refractivity contribution in [2.45, 2.75) is 19.6 Å². The Hall–Kier alpha value is -3.08. The van der Waals surface area contributed by atoms with E-state index in [2.05, 4.69) is 10.3 Å². The Morgan fingerprint density at radius 1 is 1.21 bits per heavy atom. The van der Waals surface area contributed by atoms with Gasteiger partial charge >= 0.3 is 0 Å². The number of amides is 1. The molecule has 0 saturated carbocycles. The van der Waals surface area contributed by atoms with Crippen LogP contribution in [0.2, 0.25) is 0 Å². The van der Waals surface area contributed by atoms with E-state index in [9.17, 15) is 4.79 Å². The average Bonchev–Trinajstić information content (AvgIpc) is 3.15. The predicted molar refractivity (Wildman–Crippen MR) is 90.3 cm³/mol. The molecular weight excluding hydrogens is 304 g/mol. The van der Waals surface area contributed by atoms with Crippen LogP contribution in [0.1, 0.15) is 12.5 Å². The normalized spacial score (nSPS) is 11.7. The second kappa shape index (κ2) is 7.46. The minimum absolute atomic E-state index is 0.178. The van der Waals surface area contributed by atoms with Gasteiger partial charge in [0.2, 0.25) is 0 Å². The first-order valence-electron chi connectivity index (χ1n) is 7.69. The minimum Gasteiger partial charge on any atom is -0.481 e. The van der Waals surface area contributed by atoms with Crippen LogP contribution in [-0.2, 0) is 11.3 Å². The maximum absolute atomic E-state index is 12.2. The fourth-order valence-electron chi connectivity index (χ4n) is 2.25. The minimum atomic E-state index is -0.575. The topological polar surface area (TPSA) is 64.4 Å². The van der Waals surface area contributed by atoms with Crippen LogP contribution in [0.4, 0.5) is 0 Å². The summed E-state index contributed by atoms with van der Waals surface area (Å²) in [5.74, 6) is 1.24. The van der Waals surface area contributed by atoms with Crippen LogP contribution >= 0.6 is 0 Å². The molecule has 2 heterocycles. The summed E-state index contributed by atoms with van der Waals surface area (Å²) in [5.41, 5.74) is 1.77. The van der Waals surface area contributed by atoms with Gasteiger partial charge in [-0.1, -0.05) is 18.2 Å². The summed E-state index contributed by atoms with van der Waals surface area (Å²) in [4.78, 5) is 16.3. The highest BCUT2D eigenvalue weighted by molar-refractivity contribution is 5.80. The lowest BCUT2D eigenvalue weighted by Gasteiger charge is -2.14. The summed E-state index contributed by atoms with van der Waals surface area (Å²) in [6, 6.07) is 14.9. The molecule has 3 aromatic rings.